The summed E-state index contributed by atoms with van der Waals surface area (Å²) in [5.41, 5.74) is 3.08. The third-order valence-electron chi connectivity index (χ3n) is 1.87. The lowest BCUT2D eigenvalue weighted by molar-refractivity contribution is -0.131. The smallest absolute Gasteiger partial charge is 0.240 e. The van der Waals surface area contributed by atoms with Gasteiger partial charge in [0, 0.05) is 27.7 Å². The molecule has 1 amide bonds. The lowest BCUT2D eigenvalue weighted by Crippen LogP contribution is -2.43. The first-order valence-corrected chi connectivity index (χ1v) is 3.79. The molecule has 1 saturated heterocycles. The number of carbonyl (C=O) groups is 1. The number of carbonyl (C=O) groups excluding carboxylic acids is 1. The number of hydrogen-bond acceptors (Lipinski definition) is 3. The topological polar surface area (TPSA) is 35.6 Å². The lowest BCUT2D eigenvalue weighted by atomic mass is 10.2. The zero-order valence-electron chi connectivity index (χ0n) is 7.29. The minimum Gasteiger partial charge on any atom is -0.347 e. The number of likely N-dealkylation sites (N-methyl/N-ethyl adjacent to an activating group) is 1. The van der Waals surface area contributed by atoms with Gasteiger partial charge in [-0.05, 0) is 6.42 Å². The summed E-state index contributed by atoms with van der Waals surface area (Å²) in [4.78, 5) is 12.9. The van der Waals surface area contributed by atoms with Crippen molar-refractivity contribution in [3.63, 3.8) is 0 Å². The van der Waals surface area contributed by atoms with Crippen molar-refractivity contribution in [1.82, 2.24) is 15.3 Å². The normalized spacial score (nSPS) is 25.5. The molecule has 0 spiro atoms. The van der Waals surface area contributed by atoms with Crippen LogP contribution < -0.4 is 5.43 Å². The second-order valence-electron chi connectivity index (χ2n) is 3.12. The van der Waals surface area contributed by atoms with Crippen LogP contribution in [-0.4, -0.2) is 49.5 Å². The second-order valence-corrected chi connectivity index (χ2v) is 3.12. The molecule has 1 rings (SSSR count). The Kier molecular flexibility index (Phi) is 2.46. The van der Waals surface area contributed by atoms with Gasteiger partial charge in [-0.15, -0.1) is 0 Å². The van der Waals surface area contributed by atoms with E-state index >= 15 is 0 Å². The van der Waals surface area contributed by atoms with Gasteiger partial charge in [0.1, 0.15) is 6.04 Å². The van der Waals surface area contributed by atoms with E-state index in [1.165, 1.54) is 0 Å². The number of rotatable bonds is 1. The van der Waals surface area contributed by atoms with E-state index in [9.17, 15) is 4.79 Å². The molecular formula is C7H15N3O. The highest BCUT2D eigenvalue weighted by molar-refractivity contribution is 5.81. The van der Waals surface area contributed by atoms with Gasteiger partial charge in [-0.1, -0.05) is 0 Å². The number of hydrazine groups is 1. The fourth-order valence-corrected chi connectivity index (χ4v) is 1.21. The molecule has 64 valence electrons. The van der Waals surface area contributed by atoms with E-state index in [2.05, 4.69) is 5.43 Å². The molecule has 11 heavy (non-hydrogen) atoms. The van der Waals surface area contributed by atoms with E-state index in [-0.39, 0.29) is 11.9 Å². The van der Waals surface area contributed by atoms with Crippen molar-refractivity contribution in [2.75, 3.05) is 27.7 Å². The highest BCUT2D eigenvalue weighted by Crippen LogP contribution is 2.04. The molecule has 0 aromatic rings. The molecule has 0 aromatic carbocycles. The molecule has 1 atom stereocenters. The fraction of sp³-hybridized carbons (Fsp3) is 0.857. The molecular weight excluding hydrogens is 142 g/mol. The Labute approximate surface area is 67.1 Å². The Balaban J connectivity index is 2.43. The summed E-state index contributed by atoms with van der Waals surface area (Å²) in [6, 6.07) is -0.00463. The Hall–Kier alpha value is -0.610. The van der Waals surface area contributed by atoms with Gasteiger partial charge in [0.25, 0.3) is 0 Å². The summed E-state index contributed by atoms with van der Waals surface area (Å²) in [6.07, 6.45) is 0.910. The van der Waals surface area contributed by atoms with Crippen LogP contribution in [0.25, 0.3) is 0 Å². The third kappa shape index (κ3) is 1.91. The van der Waals surface area contributed by atoms with E-state index in [0.29, 0.717) is 0 Å². The predicted molar refractivity (Wildman–Crippen MR) is 42.9 cm³/mol. The van der Waals surface area contributed by atoms with Gasteiger partial charge in [0.15, 0.2) is 0 Å². The van der Waals surface area contributed by atoms with E-state index in [4.69, 9.17) is 0 Å². The zero-order chi connectivity index (χ0) is 8.43. The Morgan fingerprint density at radius 3 is 2.64 bits per heavy atom. The van der Waals surface area contributed by atoms with Crippen LogP contribution in [-0.2, 0) is 4.79 Å². The number of hydrogen-bond donors (Lipinski definition) is 1. The first-order chi connectivity index (χ1) is 5.11. The first kappa shape index (κ1) is 8.49. The largest absolute Gasteiger partial charge is 0.347 e. The molecule has 4 heteroatoms. The van der Waals surface area contributed by atoms with E-state index < -0.39 is 0 Å². The van der Waals surface area contributed by atoms with Crippen molar-refractivity contribution >= 4 is 5.91 Å². The van der Waals surface area contributed by atoms with Crippen molar-refractivity contribution in [3.05, 3.63) is 0 Å². The van der Waals surface area contributed by atoms with Gasteiger partial charge >= 0.3 is 0 Å². The first-order valence-electron chi connectivity index (χ1n) is 3.79. The van der Waals surface area contributed by atoms with E-state index in [1.807, 2.05) is 12.1 Å². The molecule has 1 fully saturated rings. The average molecular weight is 157 g/mol. The summed E-state index contributed by atoms with van der Waals surface area (Å²) in [7, 11) is 5.51. The molecule has 0 aromatic heterocycles. The van der Waals surface area contributed by atoms with Crippen LogP contribution in [0, 0.1) is 0 Å². The number of nitrogens with zero attached hydrogens (tertiary/aromatic N) is 2. The maximum absolute atomic E-state index is 11.3. The van der Waals surface area contributed by atoms with Crippen LogP contribution in [0.3, 0.4) is 0 Å². The van der Waals surface area contributed by atoms with E-state index in [0.717, 1.165) is 13.0 Å². The monoisotopic (exact) mass is 157 g/mol. The summed E-state index contributed by atoms with van der Waals surface area (Å²) in [5.74, 6) is 0.161. The maximum Gasteiger partial charge on any atom is 0.240 e. The number of nitrogens with one attached hydrogen (secondary N) is 1. The summed E-state index contributed by atoms with van der Waals surface area (Å²) in [6.45, 7) is 0.949. The van der Waals surface area contributed by atoms with Crippen molar-refractivity contribution in [1.29, 1.82) is 0 Å². The highest BCUT2D eigenvalue weighted by Gasteiger charge is 2.26. The molecule has 0 saturated carbocycles. The van der Waals surface area contributed by atoms with Crippen LogP contribution in [0.1, 0.15) is 6.42 Å². The predicted octanol–water partition coefficient (Wildman–Crippen LogP) is -0.717. The van der Waals surface area contributed by atoms with Crippen LogP contribution in [0.2, 0.25) is 0 Å². The van der Waals surface area contributed by atoms with Crippen molar-refractivity contribution in [2.45, 2.75) is 12.5 Å². The van der Waals surface area contributed by atoms with Gasteiger partial charge in [0.05, 0.1) is 0 Å². The average Bonchev–Trinajstić information content (AvgIpc) is 2.34. The van der Waals surface area contributed by atoms with Gasteiger partial charge in [0.2, 0.25) is 5.91 Å². The molecule has 0 aliphatic carbocycles. The zero-order valence-corrected chi connectivity index (χ0v) is 7.29. The lowest BCUT2D eigenvalue weighted by Gasteiger charge is -2.16. The van der Waals surface area contributed by atoms with Crippen molar-refractivity contribution in [3.8, 4) is 0 Å². The van der Waals surface area contributed by atoms with Crippen LogP contribution in [0.15, 0.2) is 0 Å². The molecule has 1 unspecified atom stereocenters. The SMILES string of the molecule is CN1CCC(C(=O)N(C)C)N1. The maximum atomic E-state index is 11.3. The molecule has 1 aliphatic rings. The summed E-state index contributed by atoms with van der Waals surface area (Å²) < 4.78 is 0. The Bertz CT molecular complexity index is 158. The summed E-state index contributed by atoms with van der Waals surface area (Å²) >= 11 is 0. The minimum absolute atomic E-state index is 0.00463. The molecule has 1 N–H and O–H groups in total. The third-order valence-corrected chi connectivity index (χ3v) is 1.87. The Morgan fingerprint density at radius 2 is 2.27 bits per heavy atom. The molecule has 1 aliphatic heterocycles. The standard InChI is InChI=1S/C7H15N3O/c1-9(2)7(11)6-4-5-10(3)8-6/h6,8H,4-5H2,1-3H3. The van der Waals surface area contributed by atoms with Gasteiger partial charge in [-0.25, -0.2) is 10.4 Å². The van der Waals surface area contributed by atoms with Crippen molar-refractivity contribution < 1.29 is 4.79 Å². The molecule has 0 bridgehead atoms. The molecule has 1 heterocycles. The van der Waals surface area contributed by atoms with Crippen LogP contribution >= 0.6 is 0 Å². The van der Waals surface area contributed by atoms with Crippen LogP contribution in [0.5, 0.6) is 0 Å². The van der Waals surface area contributed by atoms with Crippen LogP contribution in [0.4, 0.5) is 0 Å². The fourth-order valence-electron chi connectivity index (χ4n) is 1.21. The minimum atomic E-state index is -0.00463. The Morgan fingerprint density at radius 1 is 1.64 bits per heavy atom. The summed E-state index contributed by atoms with van der Waals surface area (Å²) in [5, 5.41) is 1.95. The molecule has 4 nitrogen and oxygen atoms in total. The van der Waals surface area contributed by atoms with Gasteiger partial charge < -0.3 is 4.90 Å². The van der Waals surface area contributed by atoms with Crippen molar-refractivity contribution in [2.24, 2.45) is 0 Å². The number of amides is 1. The second kappa shape index (κ2) is 3.19. The molecule has 0 radical (unpaired) electrons. The van der Waals surface area contributed by atoms with Gasteiger partial charge in [-0.2, -0.15) is 0 Å². The highest BCUT2D eigenvalue weighted by atomic mass is 16.2. The van der Waals surface area contributed by atoms with E-state index in [1.54, 1.807) is 19.0 Å². The quantitative estimate of drug-likeness (QED) is 0.546. The van der Waals surface area contributed by atoms with Gasteiger partial charge in [-0.3, -0.25) is 4.79 Å².